The lowest BCUT2D eigenvalue weighted by molar-refractivity contribution is -0.136. The van der Waals surface area contributed by atoms with Gasteiger partial charge in [-0.1, -0.05) is 17.7 Å². The maximum Gasteiger partial charge on any atom is 0.237 e. The molecule has 1 N–H and O–H groups in total. The lowest BCUT2D eigenvalue weighted by Gasteiger charge is -2.37. The number of aliphatic hydroxyl groups is 1. The number of benzene rings is 1. The molecule has 33 heavy (non-hydrogen) atoms. The monoisotopic (exact) mass is 492 g/mol. The zero-order valence-electron chi connectivity index (χ0n) is 19.1. The molecule has 0 unspecified atom stereocenters. The van der Waals surface area contributed by atoms with Crippen LogP contribution < -0.4 is 4.74 Å². The van der Waals surface area contributed by atoms with E-state index in [1.54, 1.807) is 36.7 Å². The van der Waals surface area contributed by atoms with Crippen LogP contribution in [0.15, 0.2) is 48.4 Å². The number of ether oxygens (including phenoxy) is 2. The van der Waals surface area contributed by atoms with Gasteiger partial charge < -0.3 is 19.5 Å². The lowest BCUT2D eigenvalue weighted by Crippen LogP contribution is -2.48. The van der Waals surface area contributed by atoms with Crippen LogP contribution in [-0.2, 0) is 16.0 Å². The summed E-state index contributed by atoms with van der Waals surface area (Å²) < 4.78 is 11.3. The number of carbonyl (C=O) groups excluding carboxylic acids is 1. The summed E-state index contributed by atoms with van der Waals surface area (Å²) in [5, 5.41) is 13.1. The number of rotatable bonds is 13. The number of aliphatic hydroxyl groups excluding tert-OH is 1. The van der Waals surface area contributed by atoms with Crippen LogP contribution in [0.4, 0.5) is 0 Å². The third-order valence-electron chi connectivity index (χ3n) is 5.78. The first-order valence-electron chi connectivity index (χ1n) is 11.3. The molecule has 3 rings (SSSR count). The van der Waals surface area contributed by atoms with Crippen molar-refractivity contribution in [3.05, 3.63) is 63.8 Å². The molecule has 1 amide bonds. The molecule has 1 aromatic heterocycles. The minimum atomic E-state index is -0.512. The molecule has 0 spiro atoms. The van der Waals surface area contributed by atoms with Gasteiger partial charge in [-0.25, -0.2) is 0 Å². The van der Waals surface area contributed by atoms with Crippen molar-refractivity contribution in [1.29, 1.82) is 0 Å². The predicted molar refractivity (Wildman–Crippen MR) is 133 cm³/mol. The second-order valence-corrected chi connectivity index (χ2v) is 9.60. The van der Waals surface area contributed by atoms with E-state index in [0.717, 1.165) is 24.2 Å². The fourth-order valence-corrected chi connectivity index (χ4v) is 5.07. The SMILES string of the molecule is C=CCC[C@H](O)CN(CCOC)CC(=O)N1CCc2sccc2[C@@H]1COc1ccc(Cl)cc1. The molecule has 2 atom stereocenters. The lowest BCUT2D eigenvalue weighted by atomic mass is 10.0. The molecule has 0 fully saturated rings. The summed E-state index contributed by atoms with van der Waals surface area (Å²) in [4.78, 5) is 18.6. The highest BCUT2D eigenvalue weighted by molar-refractivity contribution is 7.10. The Morgan fingerprint density at radius 2 is 2.18 bits per heavy atom. The van der Waals surface area contributed by atoms with E-state index in [2.05, 4.69) is 18.0 Å². The molecule has 2 aromatic rings. The normalized spacial score (nSPS) is 16.5. The van der Waals surface area contributed by atoms with Crippen LogP contribution in [0.2, 0.25) is 5.02 Å². The van der Waals surface area contributed by atoms with E-state index >= 15 is 0 Å². The molecule has 180 valence electrons. The van der Waals surface area contributed by atoms with Crippen LogP contribution in [0.1, 0.15) is 29.3 Å². The van der Waals surface area contributed by atoms with E-state index in [-0.39, 0.29) is 18.5 Å². The summed E-state index contributed by atoms with van der Waals surface area (Å²) in [7, 11) is 1.64. The van der Waals surface area contributed by atoms with Gasteiger partial charge in [-0.05, 0) is 60.5 Å². The Balaban J connectivity index is 1.69. The number of amides is 1. The maximum absolute atomic E-state index is 13.4. The van der Waals surface area contributed by atoms with Gasteiger partial charge in [0.25, 0.3) is 0 Å². The second kappa shape index (κ2) is 13.1. The number of hydrogen-bond donors (Lipinski definition) is 1. The van der Waals surface area contributed by atoms with Gasteiger partial charge in [-0.15, -0.1) is 17.9 Å². The minimum Gasteiger partial charge on any atom is -0.491 e. The number of halogens is 1. The third-order valence-corrected chi connectivity index (χ3v) is 7.03. The van der Waals surface area contributed by atoms with Crippen molar-refractivity contribution in [1.82, 2.24) is 9.80 Å². The van der Waals surface area contributed by atoms with Crippen molar-refractivity contribution in [3.8, 4) is 5.75 Å². The third kappa shape index (κ3) is 7.55. The molecule has 0 saturated heterocycles. The van der Waals surface area contributed by atoms with E-state index < -0.39 is 6.10 Å². The summed E-state index contributed by atoms with van der Waals surface area (Å²) in [5.74, 6) is 0.754. The van der Waals surface area contributed by atoms with Gasteiger partial charge >= 0.3 is 0 Å². The summed E-state index contributed by atoms with van der Waals surface area (Å²) >= 11 is 7.71. The standard InChI is InChI=1S/C25H33ClN2O4S/c1-3-4-5-20(29)16-27(13-14-31-2)17-25(30)28-12-10-24-22(11-15-33-24)23(28)18-32-21-8-6-19(26)7-9-21/h3,6-9,11,15,20,23,29H,1,4-5,10,12-14,16-18H2,2H3/t20-,23-/m0/s1. The van der Waals surface area contributed by atoms with Gasteiger partial charge in [-0.3, -0.25) is 9.69 Å². The van der Waals surface area contributed by atoms with Crippen LogP contribution in [0.5, 0.6) is 5.75 Å². The molecule has 1 aliphatic heterocycles. The molecule has 0 saturated carbocycles. The largest absolute Gasteiger partial charge is 0.491 e. The average molecular weight is 493 g/mol. The Morgan fingerprint density at radius 1 is 1.39 bits per heavy atom. The fraction of sp³-hybridized carbons (Fsp3) is 0.480. The van der Waals surface area contributed by atoms with Gasteiger partial charge in [0.1, 0.15) is 12.4 Å². The molecule has 0 bridgehead atoms. The molecule has 8 heteroatoms. The predicted octanol–water partition coefficient (Wildman–Crippen LogP) is 4.18. The highest BCUT2D eigenvalue weighted by Crippen LogP contribution is 2.34. The van der Waals surface area contributed by atoms with Crippen molar-refractivity contribution in [2.75, 3.05) is 46.5 Å². The molecule has 0 radical (unpaired) electrons. The van der Waals surface area contributed by atoms with Crippen molar-refractivity contribution < 1.29 is 19.4 Å². The zero-order chi connectivity index (χ0) is 23.6. The van der Waals surface area contributed by atoms with Crippen LogP contribution in [0, 0.1) is 0 Å². The zero-order valence-corrected chi connectivity index (χ0v) is 20.7. The summed E-state index contributed by atoms with van der Waals surface area (Å²) in [6.45, 7) is 6.47. The van der Waals surface area contributed by atoms with Gasteiger partial charge in [0.2, 0.25) is 5.91 Å². The molecule has 2 heterocycles. The molecule has 1 aromatic carbocycles. The van der Waals surface area contributed by atoms with Crippen LogP contribution in [0.3, 0.4) is 0 Å². The average Bonchev–Trinajstić information content (AvgIpc) is 3.29. The Hall–Kier alpha value is -1.90. The summed E-state index contributed by atoms with van der Waals surface area (Å²) in [5.41, 5.74) is 1.16. The molecular weight excluding hydrogens is 460 g/mol. The van der Waals surface area contributed by atoms with Crippen molar-refractivity contribution in [2.45, 2.75) is 31.4 Å². The van der Waals surface area contributed by atoms with Crippen molar-refractivity contribution in [2.24, 2.45) is 0 Å². The number of nitrogens with zero attached hydrogens (tertiary/aromatic N) is 2. The first-order valence-corrected chi connectivity index (χ1v) is 12.5. The van der Waals surface area contributed by atoms with Gasteiger partial charge in [0.15, 0.2) is 0 Å². The minimum absolute atomic E-state index is 0.0311. The van der Waals surface area contributed by atoms with E-state index in [4.69, 9.17) is 21.1 Å². The first kappa shape index (κ1) is 25.7. The number of methoxy groups -OCH3 is 1. The number of thiophene rings is 1. The summed E-state index contributed by atoms with van der Waals surface area (Å²) in [6, 6.07) is 9.20. The first-order chi connectivity index (χ1) is 16.0. The van der Waals surface area contributed by atoms with Gasteiger partial charge in [-0.2, -0.15) is 0 Å². The van der Waals surface area contributed by atoms with Gasteiger partial charge in [0.05, 0.1) is 25.3 Å². The van der Waals surface area contributed by atoms with E-state index in [1.165, 1.54) is 4.88 Å². The maximum atomic E-state index is 13.4. The number of carbonyl (C=O) groups is 1. The number of hydrogen-bond acceptors (Lipinski definition) is 6. The summed E-state index contributed by atoms with van der Waals surface area (Å²) in [6.07, 6.45) is 3.49. The number of fused-ring (bicyclic) bond motifs is 1. The smallest absolute Gasteiger partial charge is 0.237 e. The Kier molecular flexibility index (Phi) is 10.2. The van der Waals surface area contributed by atoms with Crippen LogP contribution in [-0.4, -0.2) is 73.4 Å². The van der Waals surface area contributed by atoms with E-state index in [0.29, 0.717) is 44.3 Å². The van der Waals surface area contributed by atoms with E-state index in [1.807, 2.05) is 21.9 Å². The Labute approximate surface area is 205 Å². The highest BCUT2D eigenvalue weighted by atomic mass is 35.5. The molecule has 0 aliphatic carbocycles. The van der Waals surface area contributed by atoms with E-state index in [9.17, 15) is 9.90 Å². The molecule has 6 nitrogen and oxygen atoms in total. The van der Waals surface area contributed by atoms with Crippen LogP contribution in [0.25, 0.3) is 0 Å². The Morgan fingerprint density at radius 3 is 2.91 bits per heavy atom. The molecule has 1 aliphatic rings. The molecular formula is C25H33ClN2O4S. The van der Waals surface area contributed by atoms with Crippen molar-refractivity contribution in [3.63, 3.8) is 0 Å². The Bertz CT molecular complexity index is 889. The highest BCUT2D eigenvalue weighted by Gasteiger charge is 2.33. The van der Waals surface area contributed by atoms with Gasteiger partial charge in [0, 0.05) is 36.6 Å². The van der Waals surface area contributed by atoms with Crippen LogP contribution >= 0.6 is 22.9 Å². The quantitative estimate of drug-likeness (QED) is 0.425. The fourth-order valence-electron chi connectivity index (χ4n) is 4.02. The topological polar surface area (TPSA) is 62.2 Å². The second-order valence-electron chi connectivity index (χ2n) is 8.16. The number of allylic oxidation sites excluding steroid dienone is 1. The van der Waals surface area contributed by atoms with Crippen molar-refractivity contribution >= 4 is 28.8 Å².